The van der Waals surface area contributed by atoms with Crippen LogP contribution in [-0.2, 0) is 10.0 Å². The molecule has 33 heavy (non-hydrogen) atoms. The molecule has 9 nitrogen and oxygen atoms in total. The second kappa shape index (κ2) is 8.71. The lowest BCUT2D eigenvalue weighted by molar-refractivity contribution is 0.0977. The number of rotatable bonds is 7. The number of carbonyl (C=O) groups is 1. The van der Waals surface area contributed by atoms with E-state index in [0.717, 1.165) is 0 Å². The molecule has 4 rings (SSSR count). The number of nitrogens with one attached hydrogen (secondary N) is 3. The van der Waals surface area contributed by atoms with Crippen LogP contribution >= 0.6 is 0 Å². The van der Waals surface area contributed by atoms with E-state index in [-0.39, 0.29) is 21.8 Å². The Morgan fingerprint density at radius 1 is 1.06 bits per heavy atom. The summed E-state index contributed by atoms with van der Waals surface area (Å²) in [6, 6.07) is 15.6. The fourth-order valence-corrected chi connectivity index (χ4v) is 4.19. The maximum Gasteiger partial charge on any atom is 0.281 e. The number of nitrogens with zero attached hydrogens (tertiary/aromatic N) is 1. The van der Waals surface area contributed by atoms with E-state index >= 15 is 0 Å². The molecular formula is C22H17FN4O5S. The summed E-state index contributed by atoms with van der Waals surface area (Å²) in [4.78, 5) is 26.6. The van der Waals surface area contributed by atoms with Crippen molar-refractivity contribution < 1.29 is 22.3 Å². The van der Waals surface area contributed by atoms with Crippen molar-refractivity contribution in [2.45, 2.75) is 4.90 Å². The predicted molar refractivity (Wildman–Crippen MR) is 121 cm³/mol. The van der Waals surface area contributed by atoms with E-state index in [0.29, 0.717) is 22.5 Å². The van der Waals surface area contributed by atoms with Crippen LogP contribution in [0.15, 0.2) is 76.8 Å². The summed E-state index contributed by atoms with van der Waals surface area (Å²) in [5.74, 6) is -0.918. The topological polar surface area (TPSA) is 130 Å². The van der Waals surface area contributed by atoms with E-state index in [2.05, 4.69) is 15.5 Å². The monoisotopic (exact) mass is 468 g/mol. The zero-order valence-corrected chi connectivity index (χ0v) is 17.9. The number of aromatic amines is 1. The van der Waals surface area contributed by atoms with Crippen LogP contribution in [-0.4, -0.2) is 26.4 Å². The van der Waals surface area contributed by atoms with Crippen LogP contribution in [0.3, 0.4) is 0 Å². The lowest BCUT2D eigenvalue weighted by Gasteiger charge is -2.08. The molecule has 0 fully saturated rings. The molecule has 0 radical (unpaired) electrons. The van der Waals surface area contributed by atoms with Crippen molar-refractivity contribution in [3.63, 3.8) is 0 Å². The third kappa shape index (κ3) is 4.53. The Kier molecular flexibility index (Phi) is 5.80. The quantitative estimate of drug-likeness (QED) is 0.341. The Balaban J connectivity index is 1.67. The van der Waals surface area contributed by atoms with Gasteiger partial charge in [-0.05, 0) is 65.8 Å². The molecule has 0 aliphatic carbocycles. The Morgan fingerprint density at radius 2 is 1.82 bits per heavy atom. The minimum absolute atomic E-state index is 0.0202. The van der Waals surface area contributed by atoms with Gasteiger partial charge in [-0.1, -0.05) is 6.07 Å². The van der Waals surface area contributed by atoms with E-state index < -0.39 is 21.7 Å². The molecule has 4 aromatic rings. The average molecular weight is 468 g/mol. The Hall–Kier alpha value is -4.25. The highest BCUT2D eigenvalue weighted by atomic mass is 32.2. The number of aromatic nitrogens is 1. The SMILES string of the molecule is COc1ccc(S(=O)(=O)NC(=O)c2cc3c(Nc4cccc(F)c4)ccc(N=O)c3[nH]2)cc1. The highest BCUT2D eigenvalue weighted by Crippen LogP contribution is 2.34. The van der Waals surface area contributed by atoms with E-state index in [9.17, 15) is 22.5 Å². The molecule has 11 heteroatoms. The highest BCUT2D eigenvalue weighted by Gasteiger charge is 2.21. The summed E-state index contributed by atoms with van der Waals surface area (Å²) in [7, 11) is -2.72. The van der Waals surface area contributed by atoms with Gasteiger partial charge in [0, 0.05) is 16.8 Å². The second-order valence-corrected chi connectivity index (χ2v) is 8.62. The largest absolute Gasteiger partial charge is 0.497 e. The molecule has 1 heterocycles. The zero-order valence-electron chi connectivity index (χ0n) is 17.1. The molecule has 168 valence electrons. The van der Waals surface area contributed by atoms with Crippen molar-refractivity contribution in [3.8, 4) is 5.75 Å². The van der Waals surface area contributed by atoms with Gasteiger partial charge < -0.3 is 15.0 Å². The van der Waals surface area contributed by atoms with E-state index in [1.807, 2.05) is 4.72 Å². The van der Waals surface area contributed by atoms with Gasteiger partial charge >= 0.3 is 0 Å². The summed E-state index contributed by atoms with van der Waals surface area (Å²) >= 11 is 0. The molecule has 0 unspecified atom stereocenters. The van der Waals surface area contributed by atoms with Gasteiger partial charge in [0.1, 0.15) is 22.9 Å². The summed E-state index contributed by atoms with van der Waals surface area (Å²) in [6.45, 7) is 0. The number of halogens is 1. The smallest absolute Gasteiger partial charge is 0.281 e. The first-order chi connectivity index (χ1) is 15.8. The first kappa shape index (κ1) is 22.0. The molecule has 0 aliphatic rings. The number of hydrogen-bond donors (Lipinski definition) is 3. The van der Waals surface area contributed by atoms with Gasteiger partial charge in [0.25, 0.3) is 15.9 Å². The molecule has 0 bridgehead atoms. The number of carbonyl (C=O) groups excluding carboxylic acids is 1. The van der Waals surface area contributed by atoms with Crippen molar-refractivity contribution in [1.82, 2.24) is 9.71 Å². The van der Waals surface area contributed by atoms with Gasteiger partial charge in [-0.25, -0.2) is 17.5 Å². The van der Waals surface area contributed by atoms with Crippen LogP contribution in [0.4, 0.5) is 21.5 Å². The van der Waals surface area contributed by atoms with Gasteiger partial charge in [0.2, 0.25) is 0 Å². The van der Waals surface area contributed by atoms with Crippen LogP contribution in [0.5, 0.6) is 5.75 Å². The normalized spacial score (nSPS) is 11.2. The number of nitroso groups, excluding NO2 is 1. The fourth-order valence-electron chi connectivity index (χ4n) is 3.22. The van der Waals surface area contributed by atoms with E-state index in [1.54, 1.807) is 12.1 Å². The number of amides is 1. The van der Waals surface area contributed by atoms with E-state index in [1.165, 1.54) is 61.7 Å². The van der Waals surface area contributed by atoms with E-state index in [4.69, 9.17) is 4.74 Å². The lowest BCUT2D eigenvalue weighted by Crippen LogP contribution is -2.30. The van der Waals surface area contributed by atoms with Crippen LogP contribution in [0.25, 0.3) is 10.9 Å². The van der Waals surface area contributed by atoms with Gasteiger partial charge in [-0.15, -0.1) is 4.91 Å². The molecule has 0 saturated carbocycles. The number of methoxy groups -OCH3 is 1. The molecule has 0 spiro atoms. The minimum Gasteiger partial charge on any atom is -0.497 e. The molecule has 0 atom stereocenters. The molecule has 1 aromatic heterocycles. The number of hydrogen-bond acceptors (Lipinski definition) is 7. The summed E-state index contributed by atoms with van der Waals surface area (Å²) in [5.41, 5.74) is 1.03. The molecule has 1 amide bonds. The van der Waals surface area contributed by atoms with Crippen LogP contribution in [0.2, 0.25) is 0 Å². The number of H-pyrrole nitrogens is 1. The van der Waals surface area contributed by atoms with Crippen LogP contribution in [0.1, 0.15) is 10.5 Å². The zero-order chi connectivity index (χ0) is 23.6. The van der Waals surface area contributed by atoms with Crippen molar-refractivity contribution in [2.24, 2.45) is 5.18 Å². The number of anilines is 2. The fraction of sp³-hybridized carbons (Fsp3) is 0.0455. The summed E-state index contributed by atoms with van der Waals surface area (Å²) < 4.78 is 45.7. The van der Waals surface area contributed by atoms with Crippen molar-refractivity contribution in [2.75, 3.05) is 12.4 Å². The molecule has 3 N–H and O–H groups in total. The second-order valence-electron chi connectivity index (χ2n) is 6.94. The minimum atomic E-state index is -4.17. The Labute approximate surface area is 187 Å². The van der Waals surface area contributed by atoms with Crippen molar-refractivity contribution >= 4 is 43.9 Å². The summed E-state index contributed by atoms with van der Waals surface area (Å²) in [5, 5.41) is 6.34. The average Bonchev–Trinajstić information content (AvgIpc) is 3.25. The maximum atomic E-state index is 13.5. The molecule has 0 saturated heterocycles. The summed E-state index contributed by atoms with van der Waals surface area (Å²) in [6.07, 6.45) is 0. The number of fused-ring (bicyclic) bond motifs is 1. The molecule has 0 aliphatic heterocycles. The van der Waals surface area contributed by atoms with Gasteiger partial charge in [-0.3, -0.25) is 4.79 Å². The molecular weight excluding hydrogens is 451 g/mol. The number of sulfonamides is 1. The standard InChI is InChI=1S/C22H17FN4O5S/c1-32-15-5-7-16(8-6-15)33(30,31)27-22(28)20-12-17-18(9-10-19(26-29)21(17)25-20)24-14-4-2-3-13(23)11-14/h2-12,24-25H,1H3,(H,27,28). The third-order valence-corrected chi connectivity index (χ3v) is 6.16. The van der Waals surface area contributed by atoms with Gasteiger partial charge in [0.15, 0.2) is 0 Å². The maximum absolute atomic E-state index is 13.5. The van der Waals surface area contributed by atoms with Gasteiger partial charge in [-0.2, -0.15) is 0 Å². The predicted octanol–water partition coefficient (Wildman–Crippen LogP) is 4.58. The Bertz CT molecular complexity index is 1470. The lowest BCUT2D eigenvalue weighted by atomic mass is 10.1. The number of ether oxygens (including phenoxy) is 1. The first-order valence-corrected chi connectivity index (χ1v) is 11.0. The van der Waals surface area contributed by atoms with Crippen LogP contribution in [0, 0.1) is 10.7 Å². The Morgan fingerprint density at radius 3 is 2.48 bits per heavy atom. The van der Waals surface area contributed by atoms with Crippen LogP contribution < -0.4 is 14.8 Å². The van der Waals surface area contributed by atoms with Gasteiger partial charge in [0.05, 0.1) is 17.5 Å². The molecule has 3 aromatic carbocycles. The third-order valence-electron chi connectivity index (χ3n) is 4.82. The first-order valence-electron chi connectivity index (χ1n) is 9.53. The highest BCUT2D eigenvalue weighted by molar-refractivity contribution is 7.90. The van der Waals surface area contributed by atoms with Crippen molar-refractivity contribution in [1.29, 1.82) is 0 Å². The number of benzene rings is 3. The van der Waals surface area contributed by atoms with Crippen molar-refractivity contribution in [3.05, 3.63) is 83.1 Å².